The number of aliphatic carboxylic acids is 1. The largest absolute Gasteiger partial charge is 0.478 e. The van der Waals surface area contributed by atoms with Gasteiger partial charge in [-0.05, 0) is 56.7 Å². The van der Waals surface area contributed by atoms with Crippen molar-refractivity contribution >= 4 is 29.1 Å². The molecule has 32 heavy (non-hydrogen) atoms. The van der Waals surface area contributed by atoms with E-state index in [1.807, 2.05) is 31.2 Å². The summed E-state index contributed by atoms with van der Waals surface area (Å²) in [6.45, 7) is 6.65. The van der Waals surface area contributed by atoms with Gasteiger partial charge in [-0.15, -0.1) is 11.3 Å². The smallest absolute Gasteiger partial charge is 0.416 e. The van der Waals surface area contributed by atoms with Gasteiger partial charge in [0, 0.05) is 28.2 Å². The first kappa shape index (κ1) is 23.5. The van der Waals surface area contributed by atoms with Crippen molar-refractivity contribution in [3.05, 3.63) is 76.3 Å². The van der Waals surface area contributed by atoms with Crippen molar-refractivity contribution in [1.29, 1.82) is 0 Å². The van der Waals surface area contributed by atoms with E-state index in [1.165, 1.54) is 29.5 Å². The van der Waals surface area contributed by atoms with Crippen molar-refractivity contribution in [3.8, 4) is 10.6 Å². The maximum Gasteiger partial charge on any atom is 0.416 e. The molecule has 0 aliphatic rings. The highest BCUT2D eigenvalue weighted by Gasteiger charge is 2.30. The van der Waals surface area contributed by atoms with Gasteiger partial charge in [-0.2, -0.15) is 13.2 Å². The zero-order chi connectivity index (χ0) is 23.5. The average Bonchev–Trinajstić information content (AvgIpc) is 3.10. The van der Waals surface area contributed by atoms with E-state index >= 15 is 0 Å². The molecule has 4 nitrogen and oxygen atoms in total. The fraction of sp³-hybridized carbons (Fsp3) is 0.250. The van der Waals surface area contributed by atoms with Gasteiger partial charge in [0.25, 0.3) is 0 Å². The summed E-state index contributed by atoms with van der Waals surface area (Å²) < 4.78 is 38.5. The van der Waals surface area contributed by atoms with Crippen LogP contribution in [0.1, 0.15) is 35.5 Å². The van der Waals surface area contributed by atoms with Crippen LogP contribution in [-0.2, 0) is 17.5 Å². The van der Waals surface area contributed by atoms with Crippen molar-refractivity contribution in [2.24, 2.45) is 0 Å². The third-order valence-electron chi connectivity index (χ3n) is 4.93. The van der Waals surface area contributed by atoms with E-state index in [2.05, 4.69) is 23.7 Å². The van der Waals surface area contributed by atoms with Crippen LogP contribution < -0.4 is 4.90 Å². The molecule has 0 saturated carbocycles. The number of aryl methyl sites for hydroxylation is 1. The third kappa shape index (κ3) is 5.76. The fourth-order valence-corrected chi connectivity index (χ4v) is 4.24. The summed E-state index contributed by atoms with van der Waals surface area (Å²) in [5.41, 5.74) is 2.59. The molecule has 0 saturated heterocycles. The quantitative estimate of drug-likeness (QED) is 0.401. The van der Waals surface area contributed by atoms with Crippen LogP contribution in [0.2, 0.25) is 0 Å². The monoisotopic (exact) mass is 460 g/mol. The zero-order valence-electron chi connectivity index (χ0n) is 17.8. The van der Waals surface area contributed by atoms with Crippen molar-refractivity contribution < 1.29 is 23.1 Å². The summed E-state index contributed by atoms with van der Waals surface area (Å²) in [7, 11) is 0. The maximum atomic E-state index is 12.8. The molecule has 1 aromatic heterocycles. The predicted molar refractivity (Wildman–Crippen MR) is 122 cm³/mol. The lowest BCUT2D eigenvalue weighted by Gasteiger charge is -2.29. The number of carbonyl (C=O) groups is 1. The number of carboxylic acid groups (broad SMARTS) is 1. The van der Waals surface area contributed by atoms with Crippen LogP contribution in [-0.4, -0.2) is 22.1 Å². The van der Waals surface area contributed by atoms with E-state index < -0.39 is 17.7 Å². The van der Waals surface area contributed by atoms with Gasteiger partial charge in [0.2, 0.25) is 0 Å². The van der Waals surface area contributed by atoms with Crippen LogP contribution in [0.4, 0.5) is 18.9 Å². The molecule has 1 heterocycles. The number of hydrogen-bond donors (Lipinski definition) is 1. The molecule has 0 aliphatic carbocycles. The standard InChI is InChI=1S/C24H23F3N2O2S/c1-15(2)29(20-11-4-17(5-12-20)6-13-22(30)31)14-21-16(3)28-23(32-21)18-7-9-19(10-8-18)24(25,26)27/h4-13,15H,14H2,1-3H3,(H,30,31)/b13-6+. The first-order valence-electron chi connectivity index (χ1n) is 9.96. The summed E-state index contributed by atoms with van der Waals surface area (Å²) in [6, 6.07) is 12.8. The van der Waals surface area contributed by atoms with Gasteiger partial charge < -0.3 is 10.0 Å². The third-order valence-corrected chi connectivity index (χ3v) is 6.12. The molecule has 168 valence electrons. The lowest BCUT2D eigenvalue weighted by molar-refractivity contribution is -0.137. The number of carboxylic acids is 1. The number of benzene rings is 2. The Labute approximate surface area is 188 Å². The summed E-state index contributed by atoms with van der Waals surface area (Å²) in [6.07, 6.45) is -1.73. The van der Waals surface area contributed by atoms with E-state index in [-0.39, 0.29) is 6.04 Å². The number of hydrogen-bond acceptors (Lipinski definition) is 4. The molecule has 0 atom stereocenters. The minimum absolute atomic E-state index is 0.187. The molecule has 3 aromatic rings. The SMILES string of the molecule is Cc1nc(-c2ccc(C(F)(F)F)cc2)sc1CN(c1ccc(/C=C/C(=O)O)cc1)C(C)C. The van der Waals surface area contributed by atoms with Crippen LogP contribution in [0, 0.1) is 6.92 Å². The Morgan fingerprint density at radius 3 is 2.28 bits per heavy atom. The Balaban J connectivity index is 1.82. The second-order valence-corrected chi connectivity index (χ2v) is 8.67. The molecule has 0 aliphatic heterocycles. The molecule has 0 fully saturated rings. The molecule has 3 rings (SSSR count). The topological polar surface area (TPSA) is 53.4 Å². The van der Waals surface area contributed by atoms with E-state index in [1.54, 1.807) is 0 Å². The van der Waals surface area contributed by atoms with Crippen molar-refractivity contribution in [2.45, 2.75) is 39.5 Å². The van der Waals surface area contributed by atoms with Crippen molar-refractivity contribution in [1.82, 2.24) is 4.98 Å². The Hall–Kier alpha value is -3.13. The average molecular weight is 461 g/mol. The molecular formula is C24H23F3N2O2S. The molecular weight excluding hydrogens is 437 g/mol. The van der Waals surface area contributed by atoms with Gasteiger partial charge in [-0.1, -0.05) is 24.3 Å². The van der Waals surface area contributed by atoms with E-state index in [0.29, 0.717) is 17.1 Å². The molecule has 0 unspecified atom stereocenters. The van der Waals surface area contributed by atoms with Gasteiger partial charge in [0.05, 0.1) is 17.8 Å². The number of thiazole rings is 1. The Morgan fingerprint density at radius 2 is 1.75 bits per heavy atom. The number of halogens is 3. The summed E-state index contributed by atoms with van der Waals surface area (Å²) in [4.78, 5) is 18.5. The van der Waals surface area contributed by atoms with E-state index in [0.717, 1.165) is 40.0 Å². The highest BCUT2D eigenvalue weighted by Crippen LogP contribution is 2.34. The Kier molecular flexibility index (Phi) is 7.03. The maximum absolute atomic E-state index is 12.8. The minimum Gasteiger partial charge on any atom is -0.478 e. The van der Waals surface area contributed by atoms with Crippen LogP contribution in [0.15, 0.2) is 54.6 Å². The second-order valence-electron chi connectivity index (χ2n) is 7.59. The summed E-state index contributed by atoms with van der Waals surface area (Å²) in [5, 5.41) is 9.45. The summed E-state index contributed by atoms with van der Waals surface area (Å²) >= 11 is 1.47. The van der Waals surface area contributed by atoms with Gasteiger partial charge in [-0.25, -0.2) is 9.78 Å². The van der Waals surface area contributed by atoms with Gasteiger partial charge in [-0.3, -0.25) is 0 Å². The number of alkyl halides is 3. The predicted octanol–water partition coefficient (Wildman–Crippen LogP) is 6.65. The normalized spacial score (nSPS) is 12.0. The highest BCUT2D eigenvalue weighted by molar-refractivity contribution is 7.15. The molecule has 8 heteroatoms. The first-order valence-corrected chi connectivity index (χ1v) is 10.8. The fourth-order valence-electron chi connectivity index (χ4n) is 3.17. The lowest BCUT2D eigenvalue weighted by Crippen LogP contribution is -2.30. The number of rotatable bonds is 7. The molecule has 0 spiro atoms. The highest BCUT2D eigenvalue weighted by atomic mass is 32.1. The van der Waals surface area contributed by atoms with Crippen LogP contribution in [0.3, 0.4) is 0 Å². The molecule has 0 radical (unpaired) electrons. The number of anilines is 1. The van der Waals surface area contributed by atoms with Gasteiger partial charge >= 0.3 is 12.1 Å². The Bertz CT molecular complexity index is 1100. The zero-order valence-corrected chi connectivity index (χ0v) is 18.7. The van der Waals surface area contributed by atoms with E-state index in [4.69, 9.17) is 5.11 Å². The second kappa shape index (κ2) is 9.56. The van der Waals surface area contributed by atoms with Crippen molar-refractivity contribution in [2.75, 3.05) is 4.90 Å². The van der Waals surface area contributed by atoms with Crippen LogP contribution >= 0.6 is 11.3 Å². The molecule has 2 aromatic carbocycles. The van der Waals surface area contributed by atoms with E-state index in [9.17, 15) is 18.0 Å². The van der Waals surface area contributed by atoms with Crippen LogP contribution in [0.5, 0.6) is 0 Å². The number of aromatic nitrogens is 1. The molecule has 0 bridgehead atoms. The van der Waals surface area contributed by atoms with Crippen molar-refractivity contribution in [3.63, 3.8) is 0 Å². The Morgan fingerprint density at radius 1 is 1.12 bits per heavy atom. The lowest BCUT2D eigenvalue weighted by atomic mass is 10.1. The summed E-state index contributed by atoms with van der Waals surface area (Å²) in [5.74, 6) is -0.998. The van der Waals surface area contributed by atoms with Gasteiger partial charge in [0.15, 0.2) is 0 Å². The minimum atomic E-state index is -4.36. The molecule has 1 N–H and O–H groups in total. The van der Waals surface area contributed by atoms with Gasteiger partial charge in [0.1, 0.15) is 5.01 Å². The first-order chi connectivity index (χ1) is 15.0. The number of nitrogens with zero attached hydrogens (tertiary/aromatic N) is 2. The molecule has 0 amide bonds. The van der Waals surface area contributed by atoms with Crippen LogP contribution in [0.25, 0.3) is 16.6 Å².